The van der Waals surface area contributed by atoms with E-state index in [4.69, 9.17) is 0 Å². The van der Waals surface area contributed by atoms with Crippen molar-refractivity contribution in [3.63, 3.8) is 0 Å². The largest absolute Gasteiger partial charge is 0.321 e. The molecule has 3 nitrogen and oxygen atoms in total. The van der Waals surface area contributed by atoms with Gasteiger partial charge in [0, 0.05) is 12.1 Å². The second-order valence-electron chi connectivity index (χ2n) is 6.46. The van der Waals surface area contributed by atoms with E-state index in [-0.39, 0.29) is 11.4 Å². The standard InChI is InChI=1S/C24H19FN2O/c1-17-7-6-11-22(13-17)27-24(28)21(16-26)15-19-9-3-2-8-18(19)14-20-10-4-5-12-23(20)25/h2-13,15H,14H2,1H3,(H,27,28)/b21-15+. The number of nitrogens with one attached hydrogen (secondary N) is 1. The molecule has 0 bridgehead atoms. The highest BCUT2D eigenvalue weighted by atomic mass is 19.1. The number of aryl methyl sites for hydroxylation is 1. The van der Waals surface area contributed by atoms with Gasteiger partial charge in [-0.05, 0) is 53.5 Å². The fourth-order valence-electron chi connectivity index (χ4n) is 2.91. The van der Waals surface area contributed by atoms with Crippen LogP contribution in [0.4, 0.5) is 10.1 Å². The van der Waals surface area contributed by atoms with Gasteiger partial charge in [0.2, 0.25) is 0 Å². The zero-order chi connectivity index (χ0) is 19.9. The van der Waals surface area contributed by atoms with Crippen LogP contribution in [0, 0.1) is 24.1 Å². The van der Waals surface area contributed by atoms with E-state index in [1.807, 2.05) is 55.5 Å². The van der Waals surface area contributed by atoms with Gasteiger partial charge in [-0.2, -0.15) is 5.26 Å². The van der Waals surface area contributed by atoms with Crippen molar-refractivity contribution in [2.75, 3.05) is 5.32 Å². The van der Waals surface area contributed by atoms with Gasteiger partial charge < -0.3 is 5.32 Å². The monoisotopic (exact) mass is 370 g/mol. The Balaban J connectivity index is 1.87. The van der Waals surface area contributed by atoms with Gasteiger partial charge in [0.1, 0.15) is 17.5 Å². The summed E-state index contributed by atoms with van der Waals surface area (Å²) in [7, 11) is 0. The normalized spacial score (nSPS) is 11.0. The van der Waals surface area contributed by atoms with Gasteiger partial charge in [-0.25, -0.2) is 4.39 Å². The molecule has 1 N–H and O–H groups in total. The molecule has 138 valence electrons. The molecule has 0 heterocycles. The zero-order valence-electron chi connectivity index (χ0n) is 15.4. The van der Waals surface area contributed by atoms with E-state index in [9.17, 15) is 14.4 Å². The maximum absolute atomic E-state index is 14.0. The molecule has 0 aliphatic rings. The van der Waals surface area contributed by atoms with Crippen molar-refractivity contribution in [1.82, 2.24) is 0 Å². The van der Waals surface area contributed by atoms with Crippen LogP contribution in [0.25, 0.3) is 6.08 Å². The number of hydrogen-bond donors (Lipinski definition) is 1. The lowest BCUT2D eigenvalue weighted by Crippen LogP contribution is -2.13. The summed E-state index contributed by atoms with van der Waals surface area (Å²) in [6.45, 7) is 1.93. The third-order valence-corrected chi connectivity index (χ3v) is 4.33. The van der Waals surface area contributed by atoms with E-state index >= 15 is 0 Å². The molecule has 0 fully saturated rings. The van der Waals surface area contributed by atoms with Crippen LogP contribution in [0.3, 0.4) is 0 Å². The van der Waals surface area contributed by atoms with Crippen LogP contribution in [0.2, 0.25) is 0 Å². The van der Waals surface area contributed by atoms with E-state index in [0.717, 1.165) is 11.1 Å². The van der Waals surface area contributed by atoms with Crippen LogP contribution < -0.4 is 5.32 Å². The lowest BCUT2D eigenvalue weighted by Gasteiger charge is -2.09. The summed E-state index contributed by atoms with van der Waals surface area (Å²) >= 11 is 0. The topological polar surface area (TPSA) is 52.9 Å². The Bertz CT molecular complexity index is 1080. The van der Waals surface area contributed by atoms with E-state index in [2.05, 4.69) is 5.32 Å². The fraction of sp³-hybridized carbons (Fsp3) is 0.0833. The number of halogens is 1. The fourth-order valence-corrected chi connectivity index (χ4v) is 2.91. The van der Waals surface area contributed by atoms with E-state index in [1.54, 1.807) is 30.3 Å². The molecule has 0 spiro atoms. The summed E-state index contributed by atoms with van der Waals surface area (Å²) in [5.41, 5.74) is 3.74. The summed E-state index contributed by atoms with van der Waals surface area (Å²) in [6, 6.07) is 23.3. The Morgan fingerprint density at radius 1 is 1.04 bits per heavy atom. The van der Waals surface area contributed by atoms with Crippen LogP contribution in [-0.2, 0) is 11.2 Å². The Labute approximate surface area is 163 Å². The second kappa shape index (κ2) is 8.79. The maximum atomic E-state index is 14.0. The van der Waals surface area contributed by atoms with Crippen molar-refractivity contribution in [2.45, 2.75) is 13.3 Å². The first-order valence-corrected chi connectivity index (χ1v) is 8.88. The van der Waals surface area contributed by atoms with Gasteiger partial charge in [-0.1, -0.05) is 54.6 Å². The number of hydrogen-bond acceptors (Lipinski definition) is 2. The van der Waals surface area contributed by atoms with Gasteiger partial charge in [0.15, 0.2) is 0 Å². The van der Waals surface area contributed by atoms with Crippen LogP contribution in [0.5, 0.6) is 0 Å². The lowest BCUT2D eigenvalue weighted by molar-refractivity contribution is -0.112. The number of carbonyl (C=O) groups is 1. The highest BCUT2D eigenvalue weighted by molar-refractivity contribution is 6.09. The first-order chi connectivity index (χ1) is 13.6. The third kappa shape index (κ3) is 4.72. The minimum atomic E-state index is -0.478. The second-order valence-corrected chi connectivity index (χ2v) is 6.46. The minimum absolute atomic E-state index is 0.0116. The smallest absolute Gasteiger partial charge is 0.266 e. The molecule has 0 aliphatic heterocycles. The van der Waals surface area contributed by atoms with Crippen molar-refractivity contribution < 1.29 is 9.18 Å². The number of rotatable bonds is 5. The molecule has 1 amide bonds. The summed E-state index contributed by atoms with van der Waals surface area (Å²) in [4.78, 5) is 12.5. The number of carbonyl (C=O) groups excluding carboxylic acids is 1. The third-order valence-electron chi connectivity index (χ3n) is 4.33. The molecule has 28 heavy (non-hydrogen) atoms. The van der Waals surface area contributed by atoms with Gasteiger partial charge in [0.05, 0.1) is 0 Å². The molecule has 0 saturated carbocycles. The first-order valence-electron chi connectivity index (χ1n) is 8.88. The van der Waals surface area contributed by atoms with E-state index < -0.39 is 5.91 Å². The molecule has 3 aromatic carbocycles. The molecule has 0 unspecified atom stereocenters. The maximum Gasteiger partial charge on any atom is 0.266 e. The lowest BCUT2D eigenvalue weighted by atomic mass is 9.98. The molecule has 0 radical (unpaired) electrons. The summed E-state index contributed by atoms with van der Waals surface area (Å²) in [6.07, 6.45) is 1.92. The van der Waals surface area contributed by atoms with Crippen LogP contribution in [0.1, 0.15) is 22.3 Å². The average Bonchev–Trinajstić information content (AvgIpc) is 2.69. The van der Waals surface area contributed by atoms with Gasteiger partial charge in [0.25, 0.3) is 5.91 Å². The van der Waals surface area contributed by atoms with E-state index in [0.29, 0.717) is 23.2 Å². The molecular formula is C24H19FN2O. The van der Waals surface area contributed by atoms with E-state index in [1.165, 1.54) is 6.07 Å². The minimum Gasteiger partial charge on any atom is -0.321 e. The molecule has 0 aliphatic carbocycles. The SMILES string of the molecule is Cc1cccc(NC(=O)/C(C#N)=C/c2ccccc2Cc2ccccc2F)c1. The van der Waals surface area contributed by atoms with Crippen LogP contribution >= 0.6 is 0 Å². The van der Waals surface area contributed by atoms with Crippen LogP contribution in [0.15, 0.2) is 78.4 Å². The van der Waals surface area contributed by atoms with Crippen molar-refractivity contribution in [3.8, 4) is 6.07 Å². The Morgan fingerprint density at radius 3 is 2.46 bits per heavy atom. The molecule has 4 heteroatoms. The molecule has 0 aromatic heterocycles. The Hall–Kier alpha value is -3.71. The predicted molar refractivity (Wildman–Crippen MR) is 109 cm³/mol. The van der Waals surface area contributed by atoms with Gasteiger partial charge >= 0.3 is 0 Å². The highest BCUT2D eigenvalue weighted by Gasteiger charge is 2.12. The molecule has 3 aromatic rings. The number of nitrogens with zero attached hydrogens (tertiary/aromatic N) is 1. The Kier molecular flexibility index (Phi) is 5.98. The summed E-state index contributed by atoms with van der Waals surface area (Å²) in [5.74, 6) is -0.757. The van der Waals surface area contributed by atoms with Gasteiger partial charge in [-0.15, -0.1) is 0 Å². The number of nitriles is 1. The summed E-state index contributed by atoms with van der Waals surface area (Å²) in [5, 5.41) is 12.2. The number of amides is 1. The predicted octanol–water partition coefficient (Wildman–Crippen LogP) is 5.27. The average molecular weight is 370 g/mol. The highest BCUT2D eigenvalue weighted by Crippen LogP contribution is 2.20. The molecular weight excluding hydrogens is 351 g/mol. The summed E-state index contributed by atoms with van der Waals surface area (Å²) < 4.78 is 14.0. The Morgan fingerprint density at radius 2 is 1.75 bits per heavy atom. The van der Waals surface area contributed by atoms with Crippen molar-refractivity contribution >= 4 is 17.7 Å². The number of anilines is 1. The van der Waals surface area contributed by atoms with Crippen molar-refractivity contribution in [1.29, 1.82) is 5.26 Å². The molecule has 3 rings (SSSR count). The molecule has 0 atom stereocenters. The van der Waals surface area contributed by atoms with Crippen molar-refractivity contribution in [2.24, 2.45) is 0 Å². The van der Waals surface area contributed by atoms with Crippen LogP contribution in [-0.4, -0.2) is 5.91 Å². The van der Waals surface area contributed by atoms with Gasteiger partial charge in [-0.3, -0.25) is 4.79 Å². The number of benzene rings is 3. The quantitative estimate of drug-likeness (QED) is 0.491. The van der Waals surface area contributed by atoms with Crippen molar-refractivity contribution in [3.05, 3.63) is 106 Å². The zero-order valence-corrected chi connectivity index (χ0v) is 15.4. The molecule has 0 saturated heterocycles. The first kappa shape index (κ1) is 19.1.